The van der Waals surface area contributed by atoms with Crippen molar-refractivity contribution in [1.29, 1.82) is 0 Å². The van der Waals surface area contributed by atoms with Gasteiger partial charge in [0.25, 0.3) is 5.91 Å². The van der Waals surface area contributed by atoms with Gasteiger partial charge in [-0.15, -0.1) is 0 Å². The summed E-state index contributed by atoms with van der Waals surface area (Å²) >= 11 is 13.4. The van der Waals surface area contributed by atoms with E-state index in [1.807, 2.05) is 26.0 Å². The van der Waals surface area contributed by atoms with Crippen LogP contribution in [0.4, 0.5) is 0 Å². The van der Waals surface area contributed by atoms with Crippen LogP contribution in [0.25, 0.3) is 0 Å². The van der Waals surface area contributed by atoms with Gasteiger partial charge in [-0.05, 0) is 55.8 Å². The highest BCUT2D eigenvalue weighted by atomic mass is 35.5. The zero-order valence-electron chi connectivity index (χ0n) is 18.3. The van der Waals surface area contributed by atoms with E-state index in [2.05, 4.69) is 20.5 Å². The molecule has 0 bridgehead atoms. The average molecular weight is 505 g/mol. The second-order valence-corrected chi connectivity index (χ2v) is 8.74. The minimum Gasteiger partial charge on any atom is -0.493 e. The lowest BCUT2D eigenvalue weighted by molar-refractivity contribution is -0.118. The van der Waals surface area contributed by atoms with Gasteiger partial charge in [0.2, 0.25) is 0 Å². The minimum absolute atomic E-state index is 0.156. The molecule has 2 aromatic carbocycles. The van der Waals surface area contributed by atoms with Gasteiger partial charge >= 0.3 is 0 Å². The lowest BCUT2D eigenvalue weighted by atomic mass is 10.2. The molecule has 172 valence electrons. The fraction of sp³-hybridized carbons (Fsp3) is 0.217. The van der Waals surface area contributed by atoms with Crippen LogP contribution in [0.3, 0.4) is 0 Å². The minimum atomic E-state index is -0.259. The maximum absolute atomic E-state index is 12.1. The summed E-state index contributed by atoms with van der Waals surface area (Å²) in [5.41, 5.74) is 5.76. The number of ether oxygens (including phenoxy) is 2. The van der Waals surface area contributed by atoms with Crippen LogP contribution >= 0.6 is 35.0 Å². The van der Waals surface area contributed by atoms with E-state index in [1.54, 1.807) is 37.4 Å². The predicted octanol–water partition coefficient (Wildman–Crippen LogP) is 5.23. The molecule has 0 saturated carbocycles. The van der Waals surface area contributed by atoms with Gasteiger partial charge in [0, 0.05) is 27.0 Å². The highest BCUT2D eigenvalue weighted by molar-refractivity contribution is 7.99. The number of aromatic nitrogens is 2. The van der Waals surface area contributed by atoms with E-state index in [0.717, 1.165) is 22.5 Å². The Labute approximate surface area is 206 Å². The summed E-state index contributed by atoms with van der Waals surface area (Å²) in [6, 6.07) is 12.4. The number of rotatable bonds is 9. The van der Waals surface area contributed by atoms with E-state index < -0.39 is 0 Å². The first-order chi connectivity index (χ1) is 15.8. The topological polar surface area (TPSA) is 85.7 Å². The Morgan fingerprint density at radius 2 is 1.85 bits per heavy atom. The molecule has 0 aliphatic rings. The standard InChI is InChI=1S/C23H22Cl2N4O3S/c1-14-8-15(2)28-23(27-14)33-13-22(30)29-26-11-16-4-7-20(21(9-16)31-3)32-12-17-5-6-18(24)10-19(17)25/h4-11H,12-13H2,1-3H3,(H,29,30)/b26-11-. The molecule has 3 aromatic rings. The molecule has 1 aromatic heterocycles. The highest BCUT2D eigenvalue weighted by Gasteiger charge is 2.09. The summed E-state index contributed by atoms with van der Waals surface area (Å²) in [4.78, 5) is 20.7. The Morgan fingerprint density at radius 3 is 2.55 bits per heavy atom. The van der Waals surface area contributed by atoms with E-state index in [4.69, 9.17) is 32.7 Å². The van der Waals surface area contributed by atoms with Crippen LogP contribution in [0.2, 0.25) is 10.0 Å². The van der Waals surface area contributed by atoms with Gasteiger partial charge in [-0.25, -0.2) is 15.4 Å². The molecule has 10 heteroatoms. The van der Waals surface area contributed by atoms with Crippen LogP contribution in [0.5, 0.6) is 11.5 Å². The number of nitrogens with one attached hydrogen (secondary N) is 1. The number of hydrogen-bond donors (Lipinski definition) is 1. The SMILES string of the molecule is COc1cc(/C=N\NC(=O)CSc2nc(C)cc(C)n2)ccc1OCc1ccc(Cl)cc1Cl. The van der Waals surface area contributed by atoms with Crippen molar-refractivity contribution in [1.82, 2.24) is 15.4 Å². The summed E-state index contributed by atoms with van der Waals surface area (Å²) in [5, 5.41) is 5.66. The molecule has 0 aliphatic carbocycles. The molecule has 0 unspecified atom stereocenters. The normalized spacial score (nSPS) is 10.9. The first kappa shape index (κ1) is 24.8. The molecule has 0 spiro atoms. The summed E-state index contributed by atoms with van der Waals surface area (Å²) in [6.07, 6.45) is 1.53. The van der Waals surface area contributed by atoms with Crippen LogP contribution in [0, 0.1) is 13.8 Å². The van der Waals surface area contributed by atoms with Gasteiger partial charge in [0.15, 0.2) is 16.7 Å². The number of carbonyl (C=O) groups excluding carboxylic acids is 1. The fourth-order valence-electron chi connectivity index (χ4n) is 2.78. The molecule has 1 amide bonds. The lowest BCUT2D eigenvalue weighted by Crippen LogP contribution is -2.19. The molecule has 1 heterocycles. The molecule has 3 rings (SSSR count). The number of hydrogen-bond acceptors (Lipinski definition) is 7. The van der Waals surface area contributed by atoms with Crippen molar-refractivity contribution in [2.24, 2.45) is 5.10 Å². The molecular weight excluding hydrogens is 483 g/mol. The smallest absolute Gasteiger partial charge is 0.250 e. The van der Waals surface area contributed by atoms with Crippen LogP contribution < -0.4 is 14.9 Å². The maximum atomic E-state index is 12.1. The molecule has 0 atom stereocenters. The number of carbonyl (C=O) groups is 1. The Morgan fingerprint density at radius 1 is 1.09 bits per heavy atom. The van der Waals surface area contributed by atoms with E-state index in [1.165, 1.54) is 18.0 Å². The van der Waals surface area contributed by atoms with Crippen LogP contribution in [0.1, 0.15) is 22.5 Å². The number of benzene rings is 2. The molecule has 0 radical (unpaired) electrons. The molecule has 33 heavy (non-hydrogen) atoms. The van der Waals surface area contributed by atoms with Gasteiger partial charge in [0.1, 0.15) is 6.61 Å². The molecule has 0 aliphatic heterocycles. The van der Waals surface area contributed by atoms with Crippen molar-refractivity contribution in [3.8, 4) is 11.5 Å². The van der Waals surface area contributed by atoms with Gasteiger partial charge < -0.3 is 9.47 Å². The van der Waals surface area contributed by atoms with Crippen molar-refractivity contribution < 1.29 is 14.3 Å². The lowest BCUT2D eigenvalue weighted by Gasteiger charge is -2.12. The summed E-state index contributed by atoms with van der Waals surface area (Å²) in [6.45, 7) is 4.04. The summed E-state index contributed by atoms with van der Waals surface area (Å²) in [7, 11) is 1.55. The Kier molecular flexibility index (Phi) is 8.94. The average Bonchev–Trinajstić information content (AvgIpc) is 2.77. The van der Waals surface area contributed by atoms with E-state index in [0.29, 0.717) is 26.7 Å². The van der Waals surface area contributed by atoms with Gasteiger partial charge in [-0.3, -0.25) is 4.79 Å². The number of methoxy groups -OCH3 is 1. The van der Waals surface area contributed by atoms with E-state index in [9.17, 15) is 4.79 Å². The second kappa shape index (κ2) is 11.9. The summed E-state index contributed by atoms with van der Waals surface area (Å²) < 4.78 is 11.3. The van der Waals surface area contributed by atoms with Crippen molar-refractivity contribution in [3.05, 3.63) is 75.0 Å². The largest absolute Gasteiger partial charge is 0.493 e. The second-order valence-electron chi connectivity index (χ2n) is 6.95. The number of halogens is 2. The first-order valence-electron chi connectivity index (χ1n) is 9.86. The third-order valence-corrected chi connectivity index (χ3v) is 5.72. The Bertz CT molecular complexity index is 1150. The zero-order valence-corrected chi connectivity index (χ0v) is 20.6. The van der Waals surface area contributed by atoms with E-state index in [-0.39, 0.29) is 18.3 Å². The first-order valence-corrected chi connectivity index (χ1v) is 11.6. The third-order valence-electron chi connectivity index (χ3n) is 4.28. The van der Waals surface area contributed by atoms with Crippen molar-refractivity contribution in [3.63, 3.8) is 0 Å². The Balaban J connectivity index is 1.54. The Hall–Kier alpha value is -2.81. The van der Waals surface area contributed by atoms with Gasteiger partial charge in [-0.2, -0.15) is 5.10 Å². The highest BCUT2D eigenvalue weighted by Crippen LogP contribution is 2.29. The van der Waals surface area contributed by atoms with E-state index >= 15 is 0 Å². The number of thioether (sulfide) groups is 1. The van der Waals surface area contributed by atoms with Gasteiger partial charge in [-0.1, -0.05) is 41.0 Å². The van der Waals surface area contributed by atoms with Crippen LogP contribution in [-0.4, -0.2) is 35.0 Å². The number of hydrazone groups is 1. The molecule has 0 fully saturated rings. The van der Waals surface area contributed by atoms with Crippen LogP contribution in [-0.2, 0) is 11.4 Å². The number of nitrogens with zero attached hydrogens (tertiary/aromatic N) is 3. The quantitative estimate of drug-likeness (QED) is 0.186. The molecule has 7 nitrogen and oxygen atoms in total. The molecule has 1 N–H and O–H groups in total. The molecular formula is C23H22Cl2N4O3S. The fourth-order valence-corrected chi connectivity index (χ4v) is 3.98. The maximum Gasteiger partial charge on any atom is 0.250 e. The van der Waals surface area contributed by atoms with Gasteiger partial charge in [0.05, 0.1) is 19.1 Å². The van der Waals surface area contributed by atoms with Crippen molar-refractivity contribution in [2.75, 3.05) is 12.9 Å². The van der Waals surface area contributed by atoms with Crippen LogP contribution in [0.15, 0.2) is 52.7 Å². The monoisotopic (exact) mass is 504 g/mol. The summed E-state index contributed by atoms with van der Waals surface area (Å²) in [5.74, 6) is 0.974. The number of amides is 1. The third kappa shape index (κ3) is 7.63. The number of aryl methyl sites for hydroxylation is 2. The molecule has 0 saturated heterocycles. The van der Waals surface area contributed by atoms with Crippen molar-refractivity contribution in [2.45, 2.75) is 25.6 Å². The predicted molar refractivity (Wildman–Crippen MR) is 132 cm³/mol. The zero-order chi connectivity index (χ0) is 23.8. The van der Waals surface area contributed by atoms with Crippen molar-refractivity contribution >= 4 is 47.1 Å².